The average molecular weight is 256 g/mol. The van der Waals surface area contributed by atoms with Crippen LogP contribution in [0.25, 0.3) is 0 Å². The van der Waals surface area contributed by atoms with Crippen molar-refractivity contribution in [2.45, 2.75) is 32.4 Å². The van der Waals surface area contributed by atoms with Crippen LogP contribution in [-0.2, 0) is 22.4 Å². The second kappa shape index (κ2) is 9.04. The number of nitrogens with one attached hydrogen (secondary N) is 1. The van der Waals surface area contributed by atoms with Crippen LogP contribution in [0.15, 0.2) is 12.4 Å². The Labute approximate surface area is 108 Å². The highest BCUT2D eigenvalue weighted by Crippen LogP contribution is 2.05. The van der Waals surface area contributed by atoms with Crippen molar-refractivity contribution in [3.05, 3.63) is 18.0 Å². The molecule has 0 bridgehead atoms. The zero-order valence-electron chi connectivity index (χ0n) is 11.3. The molecule has 1 heterocycles. The van der Waals surface area contributed by atoms with Crippen molar-refractivity contribution in [2.24, 2.45) is 5.84 Å². The van der Waals surface area contributed by atoms with Crippen LogP contribution in [0.5, 0.6) is 0 Å². The molecule has 104 valence electrons. The molecule has 0 saturated heterocycles. The van der Waals surface area contributed by atoms with Gasteiger partial charge in [-0.1, -0.05) is 0 Å². The van der Waals surface area contributed by atoms with Gasteiger partial charge >= 0.3 is 0 Å². The summed E-state index contributed by atoms with van der Waals surface area (Å²) >= 11 is 0. The number of aryl methyl sites for hydroxylation is 1. The van der Waals surface area contributed by atoms with Gasteiger partial charge in [0.2, 0.25) is 0 Å². The number of hydrazine groups is 1. The van der Waals surface area contributed by atoms with Crippen molar-refractivity contribution in [2.75, 3.05) is 26.9 Å². The van der Waals surface area contributed by atoms with Gasteiger partial charge in [-0.3, -0.25) is 16.0 Å². The summed E-state index contributed by atoms with van der Waals surface area (Å²) in [7, 11) is 1.67. The van der Waals surface area contributed by atoms with Crippen LogP contribution in [0.1, 0.15) is 18.9 Å². The number of hydrogen-bond acceptors (Lipinski definition) is 5. The molecule has 0 aliphatic carbocycles. The molecule has 1 rings (SSSR count). The summed E-state index contributed by atoms with van der Waals surface area (Å²) in [5.74, 6) is 5.54. The molecule has 0 fully saturated rings. The van der Waals surface area contributed by atoms with Crippen LogP contribution in [0, 0.1) is 0 Å². The van der Waals surface area contributed by atoms with Crippen molar-refractivity contribution in [1.82, 2.24) is 15.2 Å². The maximum absolute atomic E-state index is 5.54. The van der Waals surface area contributed by atoms with E-state index in [4.69, 9.17) is 15.3 Å². The quantitative estimate of drug-likeness (QED) is 0.358. The molecule has 1 atom stereocenters. The van der Waals surface area contributed by atoms with E-state index in [2.05, 4.69) is 23.6 Å². The van der Waals surface area contributed by atoms with Crippen molar-refractivity contribution in [3.8, 4) is 0 Å². The van der Waals surface area contributed by atoms with Gasteiger partial charge in [0.1, 0.15) is 0 Å². The minimum Gasteiger partial charge on any atom is -0.382 e. The zero-order chi connectivity index (χ0) is 13.2. The van der Waals surface area contributed by atoms with Crippen LogP contribution in [-0.4, -0.2) is 42.8 Å². The number of ether oxygens (including phenoxy) is 2. The second-order valence-corrected chi connectivity index (χ2v) is 4.17. The van der Waals surface area contributed by atoms with Crippen molar-refractivity contribution in [1.29, 1.82) is 0 Å². The molecule has 6 heteroatoms. The monoisotopic (exact) mass is 256 g/mol. The number of hydrogen-bond donors (Lipinski definition) is 2. The predicted octanol–water partition coefficient (Wildman–Crippen LogP) is 0.331. The van der Waals surface area contributed by atoms with E-state index in [1.165, 1.54) is 5.56 Å². The smallest absolute Gasteiger partial charge is 0.0700 e. The third-order valence-electron chi connectivity index (χ3n) is 2.77. The molecule has 6 nitrogen and oxygen atoms in total. The SMILES string of the molecule is CCn1cc(CC(CCOCCOC)NN)cn1. The molecule has 1 unspecified atom stereocenters. The first-order valence-corrected chi connectivity index (χ1v) is 6.34. The number of methoxy groups -OCH3 is 1. The maximum Gasteiger partial charge on any atom is 0.0700 e. The molecular formula is C12H24N4O2. The first-order chi connectivity index (χ1) is 8.80. The fourth-order valence-corrected chi connectivity index (χ4v) is 1.68. The molecule has 0 aliphatic rings. The topological polar surface area (TPSA) is 74.3 Å². The predicted molar refractivity (Wildman–Crippen MR) is 70.0 cm³/mol. The summed E-state index contributed by atoms with van der Waals surface area (Å²) < 4.78 is 12.3. The van der Waals surface area contributed by atoms with Gasteiger partial charge in [-0.25, -0.2) is 0 Å². The molecule has 1 aromatic heterocycles. The Balaban J connectivity index is 2.24. The van der Waals surface area contributed by atoms with E-state index in [1.807, 2.05) is 10.9 Å². The van der Waals surface area contributed by atoms with E-state index in [0.29, 0.717) is 19.8 Å². The molecule has 0 amide bonds. The zero-order valence-corrected chi connectivity index (χ0v) is 11.3. The Hall–Kier alpha value is -0.950. The normalized spacial score (nSPS) is 12.8. The lowest BCUT2D eigenvalue weighted by Gasteiger charge is -2.14. The van der Waals surface area contributed by atoms with Crippen molar-refractivity contribution < 1.29 is 9.47 Å². The first-order valence-electron chi connectivity index (χ1n) is 6.34. The van der Waals surface area contributed by atoms with Crippen molar-refractivity contribution >= 4 is 0 Å². The van der Waals surface area contributed by atoms with Gasteiger partial charge in [0.15, 0.2) is 0 Å². The van der Waals surface area contributed by atoms with E-state index < -0.39 is 0 Å². The molecule has 0 spiro atoms. The van der Waals surface area contributed by atoms with E-state index in [0.717, 1.165) is 19.4 Å². The molecule has 3 N–H and O–H groups in total. The average Bonchev–Trinajstić information content (AvgIpc) is 2.84. The Bertz CT molecular complexity index is 317. The highest BCUT2D eigenvalue weighted by Gasteiger charge is 2.09. The summed E-state index contributed by atoms with van der Waals surface area (Å²) in [6.45, 7) is 4.89. The van der Waals surface area contributed by atoms with Crippen LogP contribution in [0.3, 0.4) is 0 Å². The molecule has 0 aliphatic heterocycles. The largest absolute Gasteiger partial charge is 0.382 e. The van der Waals surface area contributed by atoms with E-state index in [1.54, 1.807) is 7.11 Å². The summed E-state index contributed by atoms with van der Waals surface area (Å²) in [4.78, 5) is 0. The summed E-state index contributed by atoms with van der Waals surface area (Å²) in [5.41, 5.74) is 4.01. The lowest BCUT2D eigenvalue weighted by molar-refractivity contribution is 0.0658. The fourth-order valence-electron chi connectivity index (χ4n) is 1.68. The first kappa shape index (κ1) is 15.1. The molecule has 0 aromatic carbocycles. The van der Waals surface area contributed by atoms with Gasteiger partial charge in [0.05, 0.1) is 19.4 Å². The minimum atomic E-state index is 0.210. The van der Waals surface area contributed by atoms with Crippen LogP contribution < -0.4 is 11.3 Å². The Morgan fingerprint density at radius 1 is 1.44 bits per heavy atom. The van der Waals surface area contributed by atoms with E-state index in [9.17, 15) is 0 Å². The van der Waals surface area contributed by atoms with Gasteiger partial charge in [-0.15, -0.1) is 0 Å². The molecule has 1 aromatic rings. The van der Waals surface area contributed by atoms with Gasteiger partial charge in [-0.05, 0) is 25.3 Å². The number of nitrogens with zero attached hydrogens (tertiary/aromatic N) is 2. The highest BCUT2D eigenvalue weighted by atomic mass is 16.5. The third-order valence-corrected chi connectivity index (χ3v) is 2.77. The lowest BCUT2D eigenvalue weighted by atomic mass is 10.1. The number of rotatable bonds is 10. The number of nitrogens with two attached hydrogens (primary N) is 1. The minimum absolute atomic E-state index is 0.210. The fraction of sp³-hybridized carbons (Fsp3) is 0.750. The third kappa shape index (κ3) is 5.59. The van der Waals surface area contributed by atoms with Gasteiger partial charge in [0, 0.05) is 32.5 Å². The lowest BCUT2D eigenvalue weighted by Crippen LogP contribution is -2.37. The molecule has 0 radical (unpaired) electrons. The van der Waals surface area contributed by atoms with Crippen LogP contribution in [0.4, 0.5) is 0 Å². The Morgan fingerprint density at radius 3 is 2.89 bits per heavy atom. The Morgan fingerprint density at radius 2 is 2.28 bits per heavy atom. The van der Waals surface area contributed by atoms with Crippen molar-refractivity contribution in [3.63, 3.8) is 0 Å². The number of aromatic nitrogens is 2. The van der Waals surface area contributed by atoms with Gasteiger partial charge in [-0.2, -0.15) is 5.10 Å². The molecule has 18 heavy (non-hydrogen) atoms. The standard InChI is InChI=1S/C12H24N4O2/c1-3-16-10-11(9-14-16)8-12(15-13)4-5-18-7-6-17-2/h9-10,12,15H,3-8,13H2,1-2H3. The molecule has 0 saturated carbocycles. The van der Waals surface area contributed by atoms with Crippen LogP contribution >= 0.6 is 0 Å². The van der Waals surface area contributed by atoms with E-state index >= 15 is 0 Å². The Kier molecular flexibility index (Phi) is 7.59. The van der Waals surface area contributed by atoms with Gasteiger partial charge < -0.3 is 9.47 Å². The summed E-state index contributed by atoms with van der Waals surface area (Å²) in [6.07, 6.45) is 5.68. The van der Waals surface area contributed by atoms with Gasteiger partial charge in [0.25, 0.3) is 0 Å². The summed E-state index contributed by atoms with van der Waals surface area (Å²) in [5, 5.41) is 4.24. The van der Waals surface area contributed by atoms with Crippen LogP contribution in [0.2, 0.25) is 0 Å². The molecular weight excluding hydrogens is 232 g/mol. The van der Waals surface area contributed by atoms with E-state index in [-0.39, 0.29) is 6.04 Å². The maximum atomic E-state index is 5.54. The highest BCUT2D eigenvalue weighted by molar-refractivity contribution is 5.06. The summed E-state index contributed by atoms with van der Waals surface area (Å²) in [6, 6.07) is 0.210. The second-order valence-electron chi connectivity index (χ2n) is 4.17.